The zero-order chi connectivity index (χ0) is 11.6. The molecule has 1 aliphatic rings. The van der Waals surface area contributed by atoms with Gasteiger partial charge < -0.3 is 5.32 Å². The zero-order valence-corrected chi connectivity index (χ0v) is 10.3. The van der Waals surface area contributed by atoms with Crippen LogP contribution in [0.25, 0.3) is 0 Å². The Morgan fingerprint density at radius 3 is 3.00 bits per heavy atom. The fraction of sp³-hybridized carbons (Fsp3) is 0.700. The van der Waals surface area contributed by atoms with Gasteiger partial charge in [0, 0.05) is 6.54 Å². The summed E-state index contributed by atoms with van der Waals surface area (Å²) in [6, 6.07) is 0. The fourth-order valence-electron chi connectivity index (χ4n) is 2.11. The van der Waals surface area contributed by atoms with E-state index < -0.39 is 0 Å². The minimum atomic E-state index is -0.300. The molecule has 1 unspecified atom stereocenters. The van der Waals surface area contributed by atoms with Gasteiger partial charge in [0.25, 0.3) is 0 Å². The van der Waals surface area contributed by atoms with Crippen LogP contribution in [0.3, 0.4) is 0 Å². The Kier molecular flexibility index (Phi) is 3.20. The Balaban J connectivity index is 2.12. The Labute approximate surface area is 98.7 Å². The van der Waals surface area contributed by atoms with Gasteiger partial charge in [-0.25, -0.2) is 0 Å². The summed E-state index contributed by atoms with van der Waals surface area (Å²) in [5.74, 6) is 0.375. The van der Waals surface area contributed by atoms with Gasteiger partial charge in [0.05, 0.1) is 5.41 Å². The topological polar surface area (TPSA) is 66.9 Å². The van der Waals surface area contributed by atoms with Crippen molar-refractivity contribution in [1.82, 2.24) is 15.5 Å². The molecule has 1 aromatic heterocycles. The van der Waals surface area contributed by atoms with Crippen molar-refractivity contribution in [3.63, 3.8) is 0 Å². The molecule has 0 radical (unpaired) electrons. The van der Waals surface area contributed by atoms with Crippen molar-refractivity contribution in [3.05, 3.63) is 5.51 Å². The third-order valence-electron chi connectivity index (χ3n) is 3.33. The molecular formula is C10H16N4OS. The second kappa shape index (κ2) is 4.47. The average Bonchev–Trinajstić information content (AvgIpc) is 2.87. The highest BCUT2D eigenvalue weighted by Gasteiger charge is 2.44. The van der Waals surface area contributed by atoms with Crippen molar-refractivity contribution in [3.8, 4) is 0 Å². The van der Waals surface area contributed by atoms with Gasteiger partial charge in [-0.1, -0.05) is 25.2 Å². The van der Waals surface area contributed by atoms with Crippen LogP contribution in [0.4, 0.5) is 5.13 Å². The van der Waals surface area contributed by atoms with Crippen molar-refractivity contribution in [1.29, 1.82) is 0 Å². The maximum absolute atomic E-state index is 12.3. The lowest BCUT2D eigenvalue weighted by molar-refractivity contribution is -0.126. The van der Waals surface area contributed by atoms with Crippen molar-refractivity contribution >= 4 is 22.4 Å². The standard InChI is InChI=1S/C10H16N4OS/c1-7(2)10(3-4-11-5-10)8(15)13-9-14-12-6-16-9/h6-7,11H,3-5H2,1-2H3,(H,13,14,15). The molecule has 1 saturated heterocycles. The van der Waals surface area contributed by atoms with Crippen LogP contribution < -0.4 is 10.6 Å². The molecule has 0 spiro atoms. The number of rotatable bonds is 3. The zero-order valence-electron chi connectivity index (χ0n) is 9.49. The molecule has 1 aliphatic heterocycles. The normalized spacial score (nSPS) is 24.9. The summed E-state index contributed by atoms with van der Waals surface area (Å²) in [6.45, 7) is 5.83. The predicted octanol–water partition coefficient (Wildman–Crippen LogP) is 1.11. The Hall–Kier alpha value is -1.01. The average molecular weight is 240 g/mol. The minimum Gasteiger partial charge on any atom is -0.316 e. The molecule has 2 rings (SSSR count). The molecule has 1 aromatic rings. The van der Waals surface area contributed by atoms with Crippen LogP contribution in [0, 0.1) is 11.3 Å². The summed E-state index contributed by atoms with van der Waals surface area (Å²) in [5, 5.41) is 14.2. The van der Waals surface area contributed by atoms with Crippen LogP contribution in [-0.4, -0.2) is 29.2 Å². The second-order valence-electron chi connectivity index (χ2n) is 4.44. The van der Waals surface area contributed by atoms with Gasteiger partial charge in [0.1, 0.15) is 5.51 Å². The summed E-state index contributed by atoms with van der Waals surface area (Å²) in [4.78, 5) is 12.3. The van der Waals surface area contributed by atoms with Crippen molar-refractivity contribution in [2.45, 2.75) is 20.3 Å². The highest BCUT2D eigenvalue weighted by Crippen LogP contribution is 2.35. The first-order chi connectivity index (χ1) is 7.65. The Morgan fingerprint density at radius 1 is 1.69 bits per heavy atom. The van der Waals surface area contributed by atoms with Gasteiger partial charge in [-0.3, -0.25) is 10.1 Å². The van der Waals surface area contributed by atoms with Crippen molar-refractivity contribution < 1.29 is 4.79 Å². The molecule has 1 atom stereocenters. The maximum atomic E-state index is 12.3. The number of nitrogens with one attached hydrogen (secondary N) is 2. The number of amides is 1. The van der Waals surface area contributed by atoms with Crippen LogP contribution in [-0.2, 0) is 4.79 Å². The first kappa shape index (κ1) is 11.5. The number of nitrogens with zero attached hydrogens (tertiary/aromatic N) is 2. The van der Waals surface area contributed by atoms with E-state index in [-0.39, 0.29) is 11.3 Å². The summed E-state index contributed by atoms with van der Waals surface area (Å²) in [6.07, 6.45) is 0.884. The largest absolute Gasteiger partial charge is 0.316 e. The summed E-state index contributed by atoms with van der Waals surface area (Å²) >= 11 is 1.35. The third kappa shape index (κ3) is 1.94. The SMILES string of the molecule is CC(C)C1(C(=O)Nc2nncs2)CCNC1. The van der Waals surface area contributed by atoms with Crippen molar-refractivity contribution in [2.75, 3.05) is 18.4 Å². The van der Waals surface area contributed by atoms with Crippen LogP contribution >= 0.6 is 11.3 Å². The molecule has 16 heavy (non-hydrogen) atoms. The Morgan fingerprint density at radius 2 is 2.50 bits per heavy atom. The number of carbonyl (C=O) groups is 1. The van der Waals surface area contributed by atoms with E-state index in [1.54, 1.807) is 5.51 Å². The highest BCUT2D eigenvalue weighted by molar-refractivity contribution is 7.13. The molecule has 1 fully saturated rings. The molecule has 0 aromatic carbocycles. The monoisotopic (exact) mass is 240 g/mol. The molecular weight excluding hydrogens is 224 g/mol. The molecule has 0 bridgehead atoms. The van der Waals surface area contributed by atoms with E-state index in [0.29, 0.717) is 11.0 Å². The lowest BCUT2D eigenvalue weighted by Crippen LogP contribution is -2.42. The first-order valence-corrected chi connectivity index (χ1v) is 6.31. The number of anilines is 1. The molecule has 5 nitrogen and oxygen atoms in total. The van der Waals surface area contributed by atoms with Crippen LogP contribution in [0.1, 0.15) is 20.3 Å². The summed E-state index contributed by atoms with van der Waals surface area (Å²) < 4.78 is 0. The molecule has 88 valence electrons. The molecule has 2 N–H and O–H groups in total. The fourth-order valence-corrected chi connectivity index (χ4v) is 2.55. The number of hydrogen-bond donors (Lipinski definition) is 2. The van der Waals surface area contributed by atoms with Gasteiger partial charge >= 0.3 is 0 Å². The number of carbonyl (C=O) groups excluding carboxylic acids is 1. The summed E-state index contributed by atoms with van der Waals surface area (Å²) in [7, 11) is 0. The second-order valence-corrected chi connectivity index (χ2v) is 5.27. The smallest absolute Gasteiger partial charge is 0.234 e. The van der Waals surface area contributed by atoms with E-state index in [1.807, 2.05) is 0 Å². The molecule has 1 amide bonds. The van der Waals surface area contributed by atoms with Gasteiger partial charge in [-0.2, -0.15) is 0 Å². The highest BCUT2D eigenvalue weighted by atomic mass is 32.1. The number of hydrogen-bond acceptors (Lipinski definition) is 5. The van der Waals surface area contributed by atoms with Crippen molar-refractivity contribution in [2.24, 2.45) is 11.3 Å². The van der Waals surface area contributed by atoms with Crippen LogP contribution in [0.5, 0.6) is 0 Å². The van der Waals surface area contributed by atoms with E-state index in [4.69, 9.17) is 0 Å². The van der Waals surface area contributed by atoms with Gasteiger partial charge in [-0.15, -0.1) is 10.2 Å². The van der Waals surface area contributed by atoms with E-state index in [9.17, 15) is 4.79 Å². The molecule has 0 aliphatic carbocycles. The Bertz CT molecular complexity index is 357. The quantitative estimate of drug-likeness (QED) is 0.830. The van der Waals surface area contributed by atoms with Gasteiger partial charge in [-0.05, 0) is 18.9 Å². The molecule has 0 saturated carbocycles. The van der Waals surface area contributed by atoms with Gasteiger partial charge in [0.2, 0.25) is 11.0 Å². The first-order valence-electron chi connectivity index (χ1n) is 5.43. The van der Waals surface area contributed by atoms with E-state index in [1.165, 1.54) is 11.3 Å². The minimum absolute atomic E-state index is 0.0595. The van der Waals surface area contributed by atoms with E-state index in [2.05, 4.69) is 34.7 Å². The third-order valence-corrected chi connectivity index (χ3v) is 3.93. The predicted molar refractivity (Wildman–Crippen MR) is 63.3 cm³/mol. The van der Waals surface area contributed by atoms with E-state index in [0.717, 1.165) is 19.5 Å². The van der Waals surface area contributed by atoms with Crippen LogP contribution in [0.15, 0.2) is 5.51 Å². The lowest BCUT2D eigenvalue weighted by atomic mass is 9.75. The molecule has 2 heterocycles. The van der Waals surface area contributed by atoms with E-state index >= 15 is 0 Å². The lowest BCUT2D eigenvalue weighted by Gasteiger charge is -2.30. The summed E-state index contributed by atoms with van der Waals surface area (Å²) in [5.41, 5.74) is 1.32. The number of aromatic nitrogens is 2. The van der Waals surface area contributed by atoms with Crippen LogP contribution in [0.2, 0.25) is 0 Å². The molecule has 6 heteroatoms. The maximum Gasteiger partial charge on any atom is 0.234 e. The van der Waals surface area contributed by atoms with Gasteiger partial charge in [0.15, 0.2) is 0 Å².